The maximum absolute atomic E-state index is 9.61. The highest BCUT2D eigenvalue weighted by Gasteiger charge is 2.32. The minimum atomic E-state index is -0.284. The summed E-state index contributed by atoms with van der Waals surface area (Å²) in [5.41, 5.74) is 9.28. The molecule has 0 aliphatic carbocycles. The van der Waals surface area contributed by atoms with Gasteiger partial charge in [-0.1, -0.05) is 18.2 Å². The Kier molecular flexibility index (Phi) is 3.17. The lowest BCUT2D eigenvalue weighted by Gasteiger charge is -2.27. The summed E-state index contributed by atoms with van der Waals surface area (Å²) < 4.78 is 11.1. The molecule has 1 unspecified atom stereocenters. The van der Waals surface area contributed by atoms with Gasteiger partial charge in [0.1, 0.15) is 23.1 Å². The molecular formula is C19H15N3O2. The van der Waals surface area contributed by atoms with E-state index in [1.165, 1.54) is 0 Å². The Labute approximate surface area is 138 Å². The second-order valence-electron chi connectivity index (χ2n) is 5.62. The monoisotopic (exact) mass is 317 g/mol. The van der Waals surface area contributed by atoms with Crippen molar-refractivity contribution in [3.05, 3.63) is 71.2 Å². The smallest absolute Gasteiger partial charge is 0.205 e. The Morgan fingerprint density at radius 1 is 1.25 bits per heavy atom. The van der Waals surface area contributed by atoms with Gasteiger partial charge >= 0.3 is 0 Å². The first kappa shape index (κ1) is 14.2. The van der Waals surface area contributed by atoms with Crippen LogP contribution in [-0.2, 0) is 0 Å². The number of fused-ring (bicyclic) bond motifs is 3. The predicted octanol–water partition coefficient (Wildman–Crippen LogP) is 3.39. The van der Waals surface area contributed by atoms with Gasteiger partial charge in [0.05, 0.1) is 13.0 Å². The molecule has 118 valence electrons. The number of nitrogens with two attached hydrogens (primary N) is 1. The molecular weight excluding hydrogens is 302 g/mol. The number of benzene rings is 2. The van der Waals surface area contributed by atoms with E-state index in [0.717, 1.165) is 27.8 Å². The quantitative estimate of drug-likeness (QED) is 0.758. The van der Waals surface area contributed by atoms with Crippen LogP contribution in [0.1, 0.15) is 17.0 Å². The van der Waals surface area contributed by atoms with Crippen molar-refractivity contribution < 1.29 is 9.47 Å². The van der Waals surface area contributed by atoms with E-state index in [-0.39, 0.29) is 11.8 Å². The zero-order valence-electron chi connectivity index (χ0n) is 13.0. The molecule has 5 heteroatoms. The molecule has 5 nitrogen and oxygen atoms in total. The molecule has 0 amide bonds. The van der Waals surface area contributed by atoms with Crippen molar-refractivity contribution in [1.29, 1.82) is 5.26 Å². The molecule has 1 aliphatic heterocycles. The summed E-state index contributed by atoms with van der Waals surface area (Å²) in [6, 6.07) is 15.8. The number of aromatic nitrogens is 1. The molecule has 0 saturated heterocycles. The number of ether oxygens (including phenoxy) is 2. The van der Waals surface area contributed by atoms with Gasteiger partial charge in [0, 0.05) is 22.7 Å². The van der Waals surface area contributed by atoms with Crippen molar-refractivity contribution in [3.8, 4) is 17.6 Å². The Bertz CT molecular complexity index is 1010. The summed E-state index contributed by atoms with van der Waals surface area (Å²) in [5.74, 6) is 1.29. The summed E-state index contributed by atoms with van der Waals surface area (Å²) >= 11 is 0. The Morgan fingerprint density at radius 2 is 2.12 bits per heavy atom. The summed E-state index contributed by atoms with van der Waals surface area (Å²) in [5, 5.41) is 10.6. The summed E-state index contributed by atoms with van der Waals surface area (Å²) in [6.07, 6.45) is 1.86. The molecule has 0 fully saturated rings. The van der Waals surface area contributed by atoms with Crippen molar-refractivity contribution in [2.75, 3.05) is 7.11 Å². The molecule has 0 radical (unpaired) electrons. The van der Waals surface area contributed by atoms with Crippen LogP contribution in [-0.4, -0.2) is 12.1 Å². The highest BCUT2D eigenvalue weighted by molar-refractivity contribution is 5.88. The van der Waals surface area contributed by atoms with Crippen molar-refractivity contribution in [3.63, 3.8) is 0 Å². The maximum Gasteiger partial charge on any atom is 0.205 e. The number of nitriles is 1. The van der Waals surface area contributed by atoms with Crippen LogP contribution in [0.25, 0.3) is 10.9 Å². The molecule has 3 aromatic rings. The third-order valence-electron chi connectivity index (χ3n) is 4.34. The Balaban J connectivity index is 1.99. The zero-order chi connectivity index (χ0) is 16.7. The average molecular weight is 317 g/mol. The van der Waals surface area contributed by atoms with Gasteiger partial charge in [0.25, 0.3) is 0 Å². The lowest BCUT2D eigenvalue weighted by atomic mass is 9.83. The average Bonchev–Trinajstić information content (AvgIpc) is 3.09. The number of H-pyrrole nitrogens is 1. The van der Waals surface area contributed by atoms with E-state index in [1.807, 2.05) is 48.7 Å². The molecule has 1 atom stereocenters. The fourth-order valence-electron chi connectivity index (χ4n) is 3.21. The first-order valence-corrected chi connectivity index (χ1v) is 7.54. The number of nitrogens with one attached hydrogen (secondary N) is 1. The van der Waals surface area contributed by atoms with Gasteiger partial charge in [-0.2, -0.15) is 5.26 Å². The lowest BCUT2D eigenvalue weighted by molar-refractivity contribution is 0.397. The molecule has 3 N–H and O–H groups in total. The zero-order valence-corrected chi connectivity index (χ0v) is 13.0. The van der Waals surface area contributed by atoms with Crippen molar-refractivity contribution in [2.24, 2.45) is 5.73 Å². The second kappa shape index (κ2) is 5.36. The number of rotatable bonds is 2. The number of allylic oxidation sites excluding steroid dienone is 1. The van der Waals surface area contributed by atoms with E-state index in [4.69, 9.17) is 15.2 Å². The number of aromatic amines is 1. The van der Waals surface area contributed by atoms with E-state index < -0.39 is 0 Å². The number of methoxy groups -OCH3 is 1. The Morgan fingerprint density at radius 3 is 2.92 bits per heavy atom. The van der Waals surface area contributed by atoms with Crippen LogP contribution in [0.2, 0.25) is 0 Å². The summed E-state index contributed by atoms with van der Waals surface area (Å²) in [4.78, 5) is 3.16. The third kappa shape index (κ3) is 2.01. The highest BCUT2D eigenvalue weighted by atomic mass is 16.5. The second-order valence-corrected chi connectivity index (χ2v) is 5.62. The fourth-order valence-corrected chi connectivity index (χ4v) is 3.21. The van der Waals surface area contributed by atoms with E-state index >= 15 is 0 Å². The van der Waals surface area contributed by atoms with Gasteiger partial charge < -0.3 is 20.2 Å². The van der Waals surface area contributed by atoms with Crippen molar-refractivity contribution in [2.45, 2.75) is 5.92 Å². The molecule has 0 bridgehead atoms. The molecule has 2 aromatic carbocycles. The Hall–Kier alpha value is -3.39. The number of hydrogen-bond acceptors (Lipinski definition) is 4. The molecule has 4 rings (SSSR count). The molecule has 24 heavy (non-hydrogen) atoms. The molecule has 2 heterocycles. The van der Waals surface area contributed by atoms with E-state index in [2.05, 4.69) is 11.1 Å². The van der Waals surface area contributed by atoms with E-state index in [9.17, 15) is 5.26 Å². The predicted molar refractivity (Wildman–Crippen MR) is 90.6 cm³/mol. The van der Waals surface area contributed by atoms with Gasteiger partial charge in [-0.15, -0.1) is 0 Å². The minimum Gasteiger partial charge on any atom is -0.497 e. The van der Waals surface area contributed by atoms with Gasteiger partial charge in [0.15, 0.2) is 0 Å². The summed E-state index contributed by atoms with van der Waals surface area (Å²) in [6.45, 7) is 0. The molecule has 0 spiro atoms. The largest absolute Gasteiger partial charge is 0.497 e. The highest BCUT2D eigenvalue weighted by Crippen LogP contribution is 2.45. The van der Waals surface area contributed by atoms with Crippen LogP contribution < -0.4 is 15.2 Å². The van der Waals surface area contributed by atoms with Crippen LogP contribution >= 0.6 is 0 Å². The van der Waals surface area contributed by atoms with Crippen LogP contribution in [0.15, 0.2) is 60.1 Å². The van der Waals surface area contributed by atoms with E-state index in [1.54, 1.807) is 7.11 Å². The topological polar surface area (TPSA) is 84.1 Å². The van der Waals surface area contributed by atoms with Gasteiger partial charge in [-0.25, -0.2) is 0 Å². The minimum absolute atomic E-state index is 0.145. The van der Waals surface area contributed by atoms with Crippen LogP contribution in [0.5, 0.6) is 11.5 Å². The normalized spacial score (nSPS) is 16.4. The lowest BCUT2D eigenvalue weighted by Crippen LogP contribution is -2.21. The van der Waals surface area contributed by atoms with Crippen LogP contribution in [0.3, 0.4) is 0 Å². The third-order valence-corrected chi connectivity index (χ3v) is 4.34. The van der Waals surface area contributed by atoms with Crippen molar-refractivity contribution in [1.82, 2.24) is 4.98 Å². The number of hydrogen-bond donors (Lipinski definition) is 2. The van der Waals surface area contributed by atoms with Gasteiger partial charge in [-0.05, 0) is 29.8 Å². The SMILES string of the molecule is COc1cccc(C2C(C#N)=C(N)Oc3c2ccc2[nH]ccc32)c1. The van der Waals surface area contributed by atoms with Gasteiger partial charge in [-0.3, -0.25) is 0 Å². The number of nitrogens with zero attached hydrogens (tertiary/aromatic N) is 1. The molecule has 1 aliphatic rings. The van der Waals surface area contributed by atoms with Crippen molar-refractivity contribution >= 4 is 10.9 Å². The van der Waals surface area contributed by atoms with Crippen LogP contribution in [0.4, 0.5) is 0 Å². The van der Waals surface area contributed by atoms with Gasteiger partial charge in [0.2, 0.25) is 5.88 Å². The fraction of sp³-hybridized carbons (Fsp3) is 0.105. The molecule has 0 saturated carbocycles. The maximum atomic E-state index is 9.61. The van der Waals surface area contributed by atoms with Crippen LogP contribution in [0, 0.1) is 11.3 Å². The standard InChI is InChI=1S/C19H15N3O2/c1-23-12-4-2-3-11(9-12)17-14-5-6-16-13(7-8-22-16)18(14)24-19(21)15(17)10-20/h2-9,17,22H,21H2,1H3. The summed E-state index contributed by atoms with van der Waals surface area (Å²) in [7, 11) is 1.62. The molecule has 1 aromatic heterocycles. The first-order valence-electron chi connectivity index (χ1n) is 7.54. The van der Waals surface area contributed by atoms with E-state index in [0.29, 0.717) is 11.3 Å². The first-order chi connectivity index (χ1) is 11.7.